The summed E-state index contributed by atoms with van der Waals surface area (Å²) in [5.41, 5.74) is 3.25. The summed E-state index contributed by atoms with van der Waals surface area (Å²) in [6.07, 6.45) is 0. The Morgan fingerprint density at radius 1 is 1.17 bits per heavy atom. The van der Waals surface area contributed by atoms with Gasteiger partial charge >= 0.3 is 0 Å². The van der Waals surface area contributed by atoms with E-state index in [1.54, 1.807) is 7.11 Å². The highest BCUT2D eigenvalue weighted by molar-refractivity contribution is 9.10. The van der Waals surface area contributed by atoms with Crippen LogP contribution in [0.1, 0.15) is 16.8 Å². The summed E-state index contributed by atoms with van der Waals surface area (Å²) >= 11 is 3.48. The topological polar surface area (TPSA) is 22.1 Å². The van der Waals surface area contributed by atoms with Gasteiger partial charge in [-0.2, -0.15) is 0 Å². The normalized spacial score (nSPS) is 10.1. The SMILES string of the molecule is COc1nc(C)c(Br)c(C)c1C. The van der Waals surface area contributed by atoms with E-state index >= 15 is 0 Å². The van der Waals surface area contributed by atoms with E-state index in [-0.39, 0.29) is 0 Å². The van der Waals surface area contributed by atoms with Crippen molar-refractivity contribution in [3.05, 3.63) is 21.3 Å². The standard InChI is InChI=1S/C9H12BrNO/c1-5-6(2)9(12-4)11-7(3)8(5)10/h1-4H3. The van der Waals surface area contributed by atoms with Crippen molar-refractivity contribution in [1.82, 2.24) is 4.98 Å². The molecule has 66 valence electrons. The Morgan fingerprint density at radius 3 is 2.25 bits per heavy atom. The van der Waals surface area contributed by atoms with Crippen LogP contribution in [0.25, 0.3) is 0 Å². The van der Waals surface area contributed by atoms with Crippen LogP contribution in [-0.4, -0.2) is 12.1 Å². The molecule has 0 fully saturated rings. The van der Waals surface area contributed by atoms with Crippen LogP contribution in [0.5, 0.6) is 5.88 Å². The third kappa shape index (κ3) is 1.46. The van der Waals surface area contributed by atoms with Gasteiger partial charge in [0.05, 0.1) is 12.8 Å². The van der Waals surface area contributed by atoms with Gasteiger partial charge in [0.1, 0.15) is 0 Å². The van der Waals surface area contributed by atoms with Crippen LogP contribution in [0.15, 0.2) is 4.47 Å². The summed E-state index contributed by atoms with van der Waals surface area (Å²) in [7, 11) is 1.64. The number of methoxy groups -OCH3 is 1. The highest BCUT2D eigenvalue weighted by Crippen LogP contribution is 2.27. The molecule has 12 heavy (non-hydrogen) atoms. The fourth-order valence-corrected chi connectivity index (χ4v) is 1.47. The lowest BCUT2D eigenvalue weighted by molar-refractivity contribution is 0.393. The quantitative estimate of drug-likeness (QED) is 0.740. The molecule has 1 aromatic heterocycles. The summed E-state index contributed by atoms with van der Waals surface area (Å²) in [5, 5.41) is 0. The average Bonchev–Trinajstić information content (AvgIpc) is 2.08. The number of hydrogen-bond donors (Lipinski definition) is 0. The van der Waals surface area contributed by atoms with Crippen LogP contribution in [0, 0.1) is 20.8 Å². The maximum atomic E-state index is 5.13. The zero-order chi connectivity index (χ0) is 9.30. The fourth-order valence-electron chi connectivity index (χ4n) is 1.08. The van der Waals surface area contributed by atoms with Crippen LogP contribution in [-0.2, 0) is 0 Å². The minimum absolute atomic E-state index is 0.716. The number of hydrogen-bond acceptors (Lipinski definition) is 2. The van der Waals surface area contributed by atoms with Crippen molar-refractivity contribution in [3.8, 4) is 5.88 Å². The maximum Gasteiger partial charge on any atom is 0.216 e. The van der Waals surface area contributed by atoms with Crippen molar-refractivity contribution < 1.29 is 4.74 Å². The van der Waals surface area contributed by atoms with Gasteiger partial charge in [0, 0.05) is 10.0 Å². The minimum atomic E-state index is 0.716. The van der Waals surface area contributed by atoms with Gasteiger partial charge in [-0.25, -0.2) is 4.98 Å². The molecule has 1 aromatic rings. The fraction of sp³-hybridized carbons (Fsp3) is 0.444. The number of ether oxygens (including phenoxy) is 1. The number of aryl methyl sites for hydroxylation is 1. The van der Waals surface area contributed by atoms with Gasteiger partial charge in [0.2, 0.25) is 5.88 Å². The second-order valence-electron chi connectivity index (χ2n) is 2.77. The van der Waals surface area contributed by atoms with Gasteiger partial charge in [0.25, 0.3) is 0 Å². The van der Waals surface area contributed by atoms with E-state index in [1.807, 2.05) is 13.8 Å². The molecule has 0 aliphatic carbocycles. The van der Waals surface area contributed by atoms with Crippen molar-refractivity contribution in [2.45, 2.75) is 20.8 Å². The van der Waals surface area contributed by atoms with E-state index in [4.69, 9.17) is 4.74 Å². The molecule has 3 heteroatoms. The Balaban J connectivity index is 3.39. The molecule has 1 rings (SSSR count). The molecule has 0 aliphatic heterocycles. The first kappa shape index (κ1) is 9.52. The molecule has 0 aliphatic rings. The lowest BCUT2D eigenvalue weighted by atomic mass is 10.1. The summed E-state index contributed by atoms with van der Waals surface area (Å²) in [6.45, 7) is 6.01. The van der Waals surface area contributed by atoms with E-state index in [0.29, 0.717) is 5.88 Å². The van der Waals surface area contributed by atoms with Gasteiger partial charge in [-0.05, 0) is 42.3 Å². The Morgan fingerprint density at radius 2 is 1.75 bits per heavy atom. The van der Waals surface area contributed by atoms with Gasteiger partial charge in [-0.15, -0.1) is 0 Å². The van der Waals surface area contributed by atoms with E-state index in [1.165, 1.54) is 5.56 Å². The zero-order valence-electron chi connectivity index (χ0n) is 7.73. The van der Waals surface area contributed by atoms with Crippen molar-refractivity contribution in [1.29, 1.82) is 0 Å². The Labute approximate surface area is 81.1 Å². The molecule has 0 saturated carbocycles. The Kier molecular flexibility index (Phi) is 2.73. The van der Waals surface area contributed by atoms with Gasteiger partial charge in [-0.1, -0.05) is 0 Å². The molecule has 0 amide bonds. The van der Waals surface area contributed by atoms with Crippen molar-refractivity contribution >= 4 is 15.9 Å². The van der Waals surface area contributed by atoms with Crippen LogP contribution in [0.2, 0.25) is 0 Å². The summed E-state index contributed by atoms with van der Waals surface area (Å²) in [6, 6.07) is 0. The largest absolute Gasteiger partial charge is 0.481 e. The predicted octanol–water partition coefficient (Wildman–Crippen LogP) is 2.78. The average molecular weight is 230 g/mol. The third-order valence-corrected chi connectivity index (χ3v) is 3.16. The van der Waals surface area contributed by atoms with Gasteiger partial charge in [0.15, 0.2) is 0 Å². The first-order valence-electron chi connectivity index (χ1n) is 3.75. The number of pyridine rings is 1. The smallest absolute Gasteiger partial charge is 0.216 e. The van der Waals surface area contributed by atoms with E-state index in [0.717, 1.165) is 15.7 Å². The summed E-state index contributed by atoms with van der Waals surface area (Å²) < 4.78 is 6.20. The van der Waals surface area contributed by atoms with Crippen LogP contribution >= 0.6 is 15.9 Å². The highest BCUT2D eigenvalue weighted by atomic mass is 79.9. The number of rotatable bonds is 1. The molecule has 0 atom stereocenters. The minimum Gasteiger partial charge on any atom is -0.481 e. The molecule has 0 spiro atoms. The van der Waals surface area contributed by atoms with E-state index < -0.39 is 0 Å². The molecule has 1 heterocycles. The molecule has 0 radical (unpaired) electrons. The van der Waals surface area contributed by atoms with Gasteiger partial charge in [-0.3, -0.25) is 0 Å². The predicted molar refractivity (Wildman–Crippen MR) is 52.7 cm³/mol. The lowest BCUT2D eigenvalue weighted by Gasteiger charge is -2.09. The van der Waals surface area contributed by atoms with Crippen molar-refractivity contribution in [2.24, 2.45) is 0 Å². The molecule has 0 bridgehead atoms. The van der Waals surface area contributed by atoms with Crippen LogP contribution in [0.4, 0.5) is 0 Å². The number of halogens is 1. The monoisotopic (exact) mass is 229 g/mol. The zero-order valence-corrected chi connectivity index (χ0v) is 9.32. The molecule has 2 nitrogen and oxygen atoms in total. The first-order valence-corrected chi connectivity index (χ1v) is 4.54. The van der Waals surface area contributed by atoms with Crippen molar-refractivity contribution in [2.75, 3.05) is 7.11 Å². The molecular formula is C9H12BrNO. The first-order chi connectivity index (χ1) is 5.57. The second-order valence-corrected chi connectivity index (χ2v) is 3.56. The van der Waals surface area contributed by atoms with Crippen LogP contribution in [0.3, 0.4) is 0 Å². The van der Waals surface area contributed by atoms with Crippen molar-refractivity contribution in [3.63, 3.8) is 0 Å². The summed E-state index contributed by atoms with van der Waals surface area (Å²) in [4.78, 5) is 4.28. The summed E-state index contributed by atoms with van der Waals surface area (Å²) in [5.74, 6) is 0.716. The number of nitrogens with zero attached hydrogens (tertiary/aromatic N) is 1. The Hall–Kier alpha value is -0.570. The third-order valence-electron chi connectivity index (χ3n) is 1.99. The maximum absolute atomic E-state index is 5.13. The molecular weight excluding hydrogens is 218 g/mol. The van der Waals surface area contributed by atoms with Crippen LogP contribution < -0.4 is 4.74 Å². The molecule has 0 N–H and O–H groups in total. The lowest BCUT2D eigenvalue weighted by Crippen LogP contribution is -1.97. The van der Waals surface area contributed by atoms with E-state index in [9.17, 15) is 0 Å². The molecule has 0 unspecified atom stereocenters. The van der Waals surface area contributed by atoms with Gasteiger partial charge < -0.3 is 4.74 Å². The second kappa shape index (κ2) is 3.44. The molecule has 0 saturated heterocycles. The molecule has 0 aromatic carbocycles. The van der Waals surface area contributed by atoms with E-state index in [2.05, 4.69) is 27.8 Å². The number of aromatic nitrogens is 1. The Bertz CT molecular complexity index is 310. The highest BCUT2D eigenvalue weighted by Gasteiger charge is 2.09.